The molecule has 2 aromatic rings. The number of nitrogen functional groups attached to an aromatic ring is 1. The molecule has 0 unspecified atom stereocenters. The standard InChI is InChI=1S/C18H20N6/c1-3-6-24-10-11(9-21-24)16-13(8-19)18(20)22-14-7-12-4-5-15(17(14)16)23(12)2/h3,9-10,12,15H,1,4-7H2,2H3,(H2,20,22)/t12-,15+/m0/s1. The first-order valence-electron chi connectivity index (χ1n) is 8.22. The first-order chi connectivity index (χ1) is 11.6. The van der Waals surface area contributed by atoms with Gasteiger partial charge in [0.05, 0.1) is 12.7 Å². The van der Waals surface area contributed by atoms with Crippen LogP contribution in [-0.2, 0) is 13.0 Å². The average Bonchev–Trinajstić information content (AvgIpc) is 3.10. The van der Waals surface area contributed by atoms with E-state index in [1.165, 1.54) is 0 Å². The zero-order valence-electron chi connectivity index (χ0n) is 13.7. The number of likely N-dealkylation sites (N-methyl/N-ethyl adjacent to an activating group) is 1. The molecule has 0 saturated carbocycles. The van der Waals surface area contributed by atoms with Gasteiger partial charge in [-0.2, -0.15) is 10.4 Å². The molecular weight excluding hydrogens is 300 g/mol. The Bertz CT molecular complexity index is 859. The average molecular weight is 320 g/mol. The number of rotatable bonds is 3. The zero-order chi connectivity index (χ0) is 16.8. The van der Waals surface area contributed by atoms with Crippen LogP contribution < -0.4 is 5.73 Å². The van der Waals surface area contributed by atoms with E-state index in [0.717, 1.165) is 41.6 Å². The minimum atomic E-state index is 0.303. The van der Waals surface area contributed by atoms with E-state index in [1.54, 1.807) is 12.3 Å². The fourth-order valence-electron chi connectivity index (χ4n) is 4.15. The summed E-state index contributed by atoms with van der Waals surface area (Å²) in [5.41, 5.74) is 10.6. The van der Waals surface area contributed by atoms with Gasteiger partial charge in [0.25, 0.3) is 0 Å². The molecule has 4 heterocycles. The monoisotopic (exact) mass is 320 g/mol. The number of nitriles is 1. The maximum absolute atomic E-state index is 9.68. The van der Waals surface area contributed by atoms with E-state index in [-0.39, 0.29) is 0 Å². The van der Waals surface area contributed by atoms with Crippen molar-refractivity contribution >= 4 is 5.82 Å². The van der Waals surface area contributed by atoms with Crippen LogP contribution in [0.3, 0.4) is 0 Å². The molecule has 2 atom stereocenters. The molecule has 1 saturated heterocycles. The zero-order valence-corrected chi connectivity index (χ0v) is 13.7. The molecule has 0 radical (unpaired) electrons. The van der Waals surface area contributed by atoms with Gasteiger partial charge in [0.2, 0.25) is 0 Å². The highest BCUT2D eigenvalue weighted by Crippen LogP contribution is 2.47. The number of nitrogens with zero attached hydrogens (tertiary/aromatic N) is 5. The van der Waals surface area contributed by atoms with Crippen molar-refractivity contribution in [1.82, 2.24) is 19.7 Å². The van der Waals surface area contributed by atoms with E-state index in [9.17, 15) is 5.26 Å². The van der Waals surface area contributed by atoms with E-state index in [1.807, 2.05) is 10.9 Å². The second kappa shape index (κ2) is 5.46. The van der Waals surface area contributed by atoms with E-state index in [0.29, 0.717) is 30.0 Å². The molecule has 2 N–H and O–H groups in total. The van der Waals surface area contributed by atoms with Crippen molar-refractivity contribution in [2.45, 2.75) is 37.9 Å². The predicted octanol–water partition coefficient (Wildman–Crippen LogP) is 2.28. The Balaban J connectivity index is 1.96. The molecule has 0 amide bonds. The SMILES string of the molecule is C=CCn1cc(-c2c(C#N)c(N)nc3c2[C@H]2CC[C@@H](C3)N2C)cn1. The molecule has 2 aliphatic rings. The van der Waals surface area contributed by atoms with Crippen LogP contribution in [0.25, 0.3) is 11.1 Å². The van der Waals surface area contributed by atoms with Crippen LogP contribution in [-0.4, -0.2) is 32.8 Å². The lowest BCUT2D eigenvalue weighted by Crippen LogP contribution is -2.35. The van der Waals surface area contributed by atoms with Crippen LogP contribution in [0.4, 0.5) is 5.82 Å². The van der Waals surface area contributed by atoms with Gasteiger partial charge in [0.15, 0.2) is 0 Å². The molecule has 2 aromatic heterocycles. The lowest BCUT2D eigenvalue weighted by Gasteiger charge is -2.34. The fourth-order valence-corrected chi connectivity index (χ4v) is 4.15. The molecule has 0 spiro atoms. The van der Waals surface area contributed by atoms with Crippen LogP contribution in [0.15, 0.2) is 25.0 Å². The molecule has 0 aromatic carbocycles. The minimum Gasteiger partial charge on any atom is -0.383 e. The van der Waals surface area contributed by atoms with Crippen molar-refractivity contribution in [2.24, 2.45) is 0 Å². The topological polar surface area (TPSA) is 83.8 Å². The highest BCUT2D eigenvalue weighted by Gasteiger charge is 2.41. The first kappa shape index (κ1) is 14.9. The highest BCUT2D eigenvalue weighted by atomic mass is 15.3. The molecule has 2 aliphatic heterocycles. The third-order valence-corrected chi connectivity index (χ3v) is 5.29. The molecule has 24 heavy (non-hydrogen) atoms. The number of aromatic nitrogens is 3. The van der Waals surface area contributed by atoms with Crippen LogP contribution in [0.2, 0.25) is 0 Å². The molecule has 1 fully saturated rings. The normalized spacial score (nSPS) is 22.2. The van der Waals surface area contributed by atoms with Crippen molar-refractivity contribution in [1.29, 1.82) is 5.26 Å². The van der Waals surface area contributed by atoms with Crippen LogP contribution in [0.1, 0.15) is 35.7 Å². The Hall–Kier alpha value is -2.65. The summed E-state index contributed by atoms with van der Waals surface area (Å²) >= 11 is 0. The lowest BCUT2D eigenvalue weighted by molar-refractivity contribution is 0.222. The Morgan fingerprint density at radius 2 is 2.33 bits per heavy atom. The molecule has 6 heteroatoms. The van der Waals surface area contributed by atoms with Crippen LogP contribution in [0, 0.1) is 11.3 Å². The lowest BCUT2D eigenvalue weighted by atomic mass is 9.88. The third kappa shape index (κ3) is 2.05. The second-order valence-electron chi connectivity index (χ2n) is 6.58. The van der Waals surface area contributed by atoms with E-state index in [2.05, 4.69) is 34.7 Å². The summed E-state index contributed by atoms with van der Waals surface area (Å²) in [4.78, 5) is 6.99. The minimum absolute atomic E-state index is 0.303. The van der Waals surface area contributed by atoms with Gasteiger partial charge < -0.3 is 5.73 Å². The van der Waals surface area contributed by atoms with Gasteiger partial charge >= 0.3 is 0 Å². The van der Waals surface area contributed by atoms with E-state index < -0.39 is 0 Å². The van der Waals surface area contributed by atoms with Crippen molar-refractivity contribution in [2.75, 3.05) is 12.8 Å². The fraction of sp³-hybridized carbons (Fsp3) is 0.389. The van der Waals surface area contributed by atoms with Gasteiger partial charge in [-0.05, 0) is 19.9 Å². The smallest absolute Gasteiger partial charge is 0.142 e. The molecular formula is C18H20N6. The summed E-state index contributed by atoms with van der Waals surface area (Å²) in [6.45, 7) is 4.38. The van der Waals surface area contributed by atoms with Gasteiger partial charge in [0.1, 0.15) is 17.5 Å². The second-order valence-corrected chi connectivity index (χ2v) is 6.58. The summed E-state index contributed by atoms with van der Waals surface area (Å²) in [6.07, 6.45) is 8.71. The van der Waals surface area contributed by atoms with Crippen LogP contribution >= 0.6 is 0 Å². The predicted molar refractivity (Wildman–Crippen MR) is 92.0 cm³/mol. The molecule has 4 rings (SSSR count). The molecule has 122 valence electrons. The number of hydrogen-bond acceptors (Lipinski definition) is 5. The van der Waals surface area contributed by atoms with Crippen LogP contribution in [0.5, 0.6) is 0 Å². The summed E-state index contributed by atoms with van der Waals surface area (Å²) in [5, 5.41) is 14.1. The van der Waals surface area contributed by atoms with E-state index >= 15 is 0 Å². The molecule has 6 nitrogen and oxygen atoms in total. The van der Waals surface area contributed by atoms with Gasteiger partial charge in [-0.15, -0.1) is 6.58 Å². The van der Waals surface area contributed by atoms with Crippen molar-refractivity contribution in [3.05, 3.63) is 41.9 Å². The molecule has 0 aliphatic carbocycles. The van der Waals surface area contributed by atoms with Crippen molar-refractivity contribution < 1.29 is 0 Å². The van der Waals surface area contributed by atoms with Gasteiger partial charge in [-0.1, -0.05) is 6.08 Å². The summed E-state index contributed by atoms with van der Waals surface area (Å²) in [6, 6.07) is 3.09. The first-order valence-corrected chi connectivity index (χ1v) is 8.22. The number of fused-ring (bicyclic) bond motifs is 4. The van der Waals surface area contributed by atoms with E-state index in [4.69, 9.17) is 5.73 Å². The highest BCUT2D eigenvalue weighted by molar-refractivity contribution is 5.79. The van der Waals surface area contributed by atoms with Gasteiger partial charge in [0, 0.05) is 47.1 Å². The maximum atomic E-state index is 9.68. The summed E-state index contributed by atoms with van der Waals surface area (Å²) in [7, 11) is 2.17. The molecule has 2 bridgehead atoms. The Kier molecular flexibility index (Phi) is 3.39. The number of pyridine rings is 1. The maximum Gasteiger partial charge on any atom is 0.142 e. The third-order valence-electron chi connectivity index (χ3n) is 5.29. The number of hydrogen-bond donors (Lipinski definition) is 1. The Morgan fingerprint density at radius 1 is 1.50 bits per heavy atom. The quantitative estimate of drug-likeness (QED) is 0.877. The summed E-state index contributed by atoms with van der Waals surface area (Å²) in [5.74, 6) is 0.326. The Labute approximate surface area is 141 Å². The summed E-state index contributed by atoms with van der Waals surface area (Å²) < 4.78 is 1.82. The van der Waals surface area contributed by atoms with Gasteiger partial charge in [-0.25, -0.2) is 4.98 Å². The number of anilines is 1. The largest absolute Gasteiger partial charge is 0.383 e. The number of allylic oxidation sites excluding steroid dienone is 1. The van der Waals surface area contributed by atoms with Crippen molar-refractivity contribution in [3.8, 4) is 17.2 Å². The van der Waals surface area contributed by atoms with Gasteiger partial charge in [-0.3, -0.25) is 9.58 Å². The number of nitrogens with two attached hydrogens (primary N) is 1. The Morgan fingerprint density at radius 3 is 3.08 bits per heavy atom. The van der Waals surface area contributed by atoms with Crippen molar-refractivity contribution in [3.63, 3.8) is 0 Å².